The van der Waals surface area contributed by atoms with Crippen LogP contribution in [0.3, 0.4) is 0 Å². The molecular weight excluding hydrogens is 739 g/mol. The van der Waals surface area contributed by atoms with E-state index in [4.69, 9.17) is 4.42 Å². The number of anilines is 3. The van der Waals surface area contributed by atoms with Gasteiger partial charge in [0, 0.05) is 33.5 Å². The summed E-state index contributed by atoms with van der Waals surface area (Å²) in [6.07, 6.45) is 0. The molecule has 0 atom stereocenters. The zero-order valence-corrected chi connectivity index (χ0v) is 33.8. The average molecular weight is 780 g/mol. The van der Waals surface area contributed by atoms with E-state index < -0.39 is 0 Å². The van der Waals surface area contributed by atoms with Gasteiger partial charge in [-0.25, -0.2) is 0 Å². The smallest absolute Gasteiger partial charge is 0.138 e. The van der Waals surface area contributed by atoms with Gasteiger partial charge in [0.2, 0.25) is 0 Å². The van der Waals surface area contributed by atoms with Crippen LogP contribution in [0.4, 0.5) is 17.1 Å². The van der Waals surface area contributed by atoms with Gasteiger partial charge in [0.25, 0.3) is 0 Å². The van der Waals surface area contributed by atoms with E-state index in [-0.39, 0.29) is 0 Å². The van der Waals surface area contributed by atoms with Crippen molar-refractivity contribution in [1.82, 2.24) is 0 Å². The van der Waals surface area contributed by atoms with Crippen LogP contribution in [0.2, 0.25) is 0 Å². The van der Waals surface area contributed by atoms with E-state index in [1.54, 1.807) is 0 Å². The molecule has 0 radical (unpaired) electrons. The number of nitrogens with zero attached hydrogens (tertiary/aromatic N) is 1. The van der Waals surface area contributed by atoms with Gasteiger partial charge < -0.3 is 9.32 Å². The zero-order chi connectivity index (χ0) is 40.7. The van der Waals surface area contributed by atoms with Gasteiger partial charge in [0.05, 0.1) is 5.69 Å². The third kappa shape index (κ3) is 6.65. The molecule has 288 valence electrons. The van der Waals surface area contributed by atoms with E-state index in [2.05, 4.69) is 230 Å². The van der Waals surface area contributed by atoms with Crippen molar-refractivity contribution in [3.05, 3.63) is 236 Å². The summed E-state index contributed by atoms with van der Waals surface area (Å²) in [6, 6.07) is 82.9. The van der Waals surface area contributed by atoms with Crippen LogP contribution < -0.4 is 4.90 Å². The molecule has 0 fully saturated rings. The maximum absolute atomic E-state index is 6.31. The topological polar surface area (TPSA) is 16.4 Å². The van der Waals surface area contributed by atoms with E-state index in [1.807, 2.05) is 12.1 Å². The van der Waals surface area contributed by atoms with Crippen LogP contribution in [0.1, 0.15) is 5.56 Å². The highest BCUT2D eigenvalue weighted by molar-refractivity contribution is 6.13. The lowest BCUT2D eigenvalue weighted by molar-refractivity contribution is 0.629. The predicted octanol–water partition coefficient (Wildman–Crippen LogP) is 16.9. The number of hydrogen-bond donors (Lipinski definition) is 0. The zero-order valence-electron chi connectivity index (χ0n) is 33.8. The molecule has 1 heterocycles. The number of furan rings is 1. The van der Waals surface area contributed by atoms with Crippen molar-refractivity contribution in [2.75, 3.05) is 4.90 Å². The molecule has 0 saturated carbocycles. The Morgan fingerprint density at radius 1 is 0.328 bits per heavy atom. The fourth-order valence-corrected chi connectivity index (χ4v) is 8.99. The maximum atomic E-state index is 6.31. The molecule has 0 spiro atoms. The minimum absolute atomic E-state index is 0.919. The van der Waals surface area contributed by atoms with Gasteiger partial charge in [-0.05, 0) is 116 Å². The molecule has 0 N–H and O–H groups in total. The van der Waals surface area contributed by atoms with Crippen molar-refractivity contribution in [2.24, 2.45) is 0 Å². The first kappa shape index (κ1) is 36.2. The Kier molecular flexibility index (Phi) is 9.09. The number of benzene rings is 10. The minimum atomic E-state index is 0.919. The quantitative estimate of drug-likeness (QED) is 0.143. The van der Waals surface area contributed by atoms with Crippen molar-refractivity contribution >= 4 is 49.6 Å². The molecule has 11 aromatic rings. The first-order valence-corrected chi connectivity index (χ1v) is 20.9. The number of fused-ring (bicyclic) bond motifs is 4. The normalized spacial score (nSPS) is 11.4. The Bertz CT molecular complexity index is 3340. The highest BCUT2D eigenvalue weighted by Gasteiger charge is 2.19. The predicted molar refractivity (Wildman–Crippen MR) is 258 cm³/mol. The van der Waals surface area contributed by atoms with E-state index in [0.29, 0.717) is 0 Å². The van der Waals surface area contributed by atoms with Crippen molar-refractivity contribution in [3.8, 4) is 55.8 Å². The molecule has 1 aromatic heterocycles. The van der Waals surface area contributed by atoms with Gasteiger partial charge in [-0.3, -0.25) is 0 Å². The Morgan fingerprint density at radius 3 is 1.56 bits per heavy atom. The summed E-state index contributed by atoms with van der Waals surface area (Å²) in [4.78, 5) is 2.38. The average Bonchev–Trinajstić information content (AvgIpc) is 3.68. The molecule has 0 aliphatic rings. The number of para-hydroxylation sites is 2. The van der Waals surface area contributed by atoms with Crippen LogP contribution in [0.15, 0.2) is 235 Å². The Balaban J connectivity index is 0.939. The summed E-state index contributed by atoms with van der Waals surface area (Å²) in [5.74, 6) is 0.926. The molecule has 2 heteroatoms. The minimum Gasteiger partial charge on any atom is -0.456 e. The fraction of sp³-hybridized carbons (Fsp3) is 0.0169. The summed E-state index contributed by atoms with van der Waals surface area (Å²) in [7, 11) is 0. The van der Waals surface area contributed by atoms with Crippen molar-refractivity contribution in [1.29, 1.82) is 0 Å². The van der Waals surface area contributed by atoms with Gasteiger partial charge in [-0.15, -0.1) is 0 Å². The van der Waals surface area contributed by atoms with E-state index in [0.717, 1.165) is 50.5 Å². The monoisotopic (exact) mass is 779 g/mol. The Hall–Kier alpha value is -7.94. The summed E-state index contributed by atoms with van der Waals surface area (Å²) in [5, 5.41) is 6.22. The van der Waals surface area contributed by atoms with Crippen LogP contribution in [0.5, 0.6) is 0 Å². The molecule has 0 bridgehead atoms. The largest absolute Gasteiger partial charge is 0.456 e. The SMILES string of the molecule is Cc1c(-c2cccc(-c3ccc(-c4ccc(N(c5ccc(-c6cc7ccccc7c7ccccc67)cc5)c5ccccc5-c5ccccc5)cc4)cc3)c2)oc2ccccc12. The first-order chi connectivity index (χ1) is 30.2. The van der Waals surface area contributed by atoms with E-state index >= 15 is 0 Å². The van der Waals surface area contributed by atoms with Crippen molar-refractivity contribution < 1.29 is 4.42 Å². The highest BCUT2D eigenvalue weighted by Crippen LogP contribution is 2.43. The van der Waals surface area contributed by atoms with Crippen LogP contribution in [0, 0.1) is 6.92 Å². The Labute approximate surface area is 356 Å². The second kappa shape index (κ2) is 15.3. The molecule has 0 aliphatic carbocycles. The molecule has 0 saturated heterocycles. The van der Waals surface area contributed by atoms with Gasteiger partial charge in [0.15, 0.2) is 0 Å². The lowest BCUT2D eigenvalue weighted by Gasteiger charge is -2.28. The summed E-state index contributed by atoms with van der Waals surface area (Å²) < 4.78 is 6.31. The first-order valence-electron chi connectivity index (χ1n) is 20.9. The van der Waals surface area contributed by atoms with Gasteiger partial charge >= 0.3 is 0 Å². The fourth-order valence-electron chi connectivity index (χ4n) is 8.99. The molecule has 61 heavy (non-hydrogen) atoms. The van der Waals surface area contributed by atoms with Crippen LogP contribution in [0.25, 0.3) is 88.3 Å². The summed E-state index contributed by atoms with van der Waals surface area (Å²) in [5.41, 5.74) is 15.9. The van der Waals surface area contributed by atoms with Crippen LogP contribution in [-0.4, -0.2) is 0 Å². The molecule has 2 nitrogen and oxygen atoms in total. The number of hydrogen-bond acceptors (Lipinski definition) is 2. The third-order valence-corrected chi connectivity index (χ3v) is 12.1. The summed E-state index contributed by atoms with van der Waals surface area (Å²) >= 11 is 0. The third-order valence-electron chi connectivity index (χ3n) is 12.1. The van der Waals surface area contributed by atoms with Gasteiger partial charge in [-0.2, -0.15) is 0 Å². The van der Waals surface area contributed by atoms with E-state index in [9.17, 15) is 0 Å². The highest BCUT2D eigenvalue weighted by atomic mass is 16.3. The van der Waals surface area contributed by atoms with E-state index in [1.165, 1.54) is 60.5 Å². The lowest BCUT2D eigenvalue weighted by atomic mass is 9.93. The van der Waals surface area contributed by atoms with Crippen LogP contribution >= 0.6 is 0 Å². The van der Waals surface area contributed by atoms with Crippen molar-refractivity contribution in [2.45, 2.75) is 6.92 Å². The molecule has 0 unspecified atom stereocenters. The lowest BCUT2D eigenvalue weighted by Crippen LogP contribution is -2.11. The molecule has 10 aromatic carbocycles. The molecule has 0 aliphatic heterocycles. The molecule has 11 rings (SSSR count). The van der Waals surface area contributed by atoms with Crippen LogP contribution in [-0.2, 0) is 0 Å². The number of rotatable bonds is 8. The molecule has 0 amide bonds. The maximum Gasteiger partial charge on any atom is 0.138 e. The Morgan fingerprint density at radius 2 is 0.836 bits per heavy atom. The molecular formula is C59H41NO. The summed E-state index contributed by atoms with van der Waals surface area (Å²) in [6.45, 7) is 2.14. The number of aryl methyl sites for hydroxylation is 1. The van der Waals surface area contributed by atoms with Crippen molar-refractivity contribution in [3.63, 3.8) is 0 Å². The second-order valence-electron chi connectivity index (χ2n) is 15.7. The van der Waals surface area contributed by atoms with Gasteiger partial charge in [0.1, 0.15) is 11.3 Å². The second-order valence-corrected chi connectivity index (χ2v) is 15.7. The van der Waals surface area contributed by atoms with Gasteiger partial charge in [-0.1, -0.05) is 182 Å². The standard InChI is InChI=1S/C59H41NO/c1-40-51-19-10-12-25-58(51)61-59(40)48-18-13-17-46(38-48)43-28-26-41(27-29-43)42-30-34-49(35-31-42)60(57-24-11-9-21-53(57)44-14-3-2-4-15-44)50-36-32-45(33-37-50)56-39-47-16-5-6-20-52(47)54-22-7-8-23-55(54)56/h2-39H,1H3.